The van der Waals surface area contributed by atoms with Crippen molar-refractivity contribution < 1.29 is 9.59 Å². The van der Waals surface area contributed by atoms with E-state index >= 15 is 0 Å². The number of nitrogens with zero attached hydrogens (tertiary/aromatic N) is 5. The number of rotatable bonds is 7. The number of amides is 2. The van der Waals surface area contributed by atoms with Crippen molar-refractivity contribution in [1.82, 2.24) is 23.9 Å². The van der Waals surface area contributed by atoms with Crippen molar-refractivity contribution in [2.75, 3.05) is 19.6 Å². The van der Waals surface area contributed by atoms with Crippen LogP contribution in [0.3, 0.4) is 0 Å². The molecule has 4 aliphatic rings. The van der Waals surface area contributed by atoms with E-state index in [2.05, 4.69) is 45.5 Å². The first-order chi connectivity index (χ1) is 22.0. The van der Waals surface area contributed by atoms with Crippen molar-refractivity contribution in [3.05, 3.63) is 90.0 Å². The summed E-state index contributed by atoms with van der Waals surface area (Å²) in [5.74, 6) is 2.52. The van der Waals surface area contributed by atoms with Crippen LogP contribution >= 0.6 is 0 Å². The first-order valence-electron chi connectivity index (χ1n) is 16.5. The summed E-state index contributed by atoms with van der Waals surface area (Å²) in [6.45, 7) is 3.92. The fourth-order valence-corrected chi connectivity index (χ4v) is 8.11. The maximum atomic E-state index is 13.7. The van der Waals surface area contributed by atoms with Gasteiger partial charge in [0.15, 0.2) is 5.82 Å². The van der Waals surface area contributed by atoms with Crippen molar-refractivity contribution in [2.24, 2.45) is 23.5 Å². The van der Waals surface area contributed by atoms with Crippen molar-refractivity contribution in [1.29, 1.82) is 0 Å². The van der Waals surface area contributed by atoms with Gasteiger partial charge in [0.1, 0.15) is 0 Å². The smallest absolute Gasteiger partial charge is 0.254 e. The van der Waals surface area contributed by atoms with Crippen LogP contribution in [0.2, 0.25) is 0 Å². The number of hydrogen-bond donors (Lipinski definition) is 1. The number of nitrogens with two attached hydrogens (primary N) is 1. The Morgan fingerprint density at radius 3 is 2.27 bits per heavy atom. The molecule has 9 rings (SSSR count). The van der Waals surface area contributed by atoms with Crippen LogP contribution in [0.1, 0.15) is 46.4 Å². The lowest BCUT2D eigenvalue weighted by Crippen LogP contribution is -2.51. The average molecular weight is 599 g/mol. The van der Waals surface area contributed by atoms with Crippen LogP contribution in [-0.4, -0.2) is 67.5 Å². The maximum Gasteiger partial charge on any atom is 0.254 e. The van der Waals surface area contributed by atoms with E-state index in [9.17, 15) is 9.59 Å². The highest BCUT2D eigenvalue weighted by Crippen LogP contribution is 2.39. The van der Waals surface area contributed by atoms with E-state index in [1.807, 2.05) is 52.3 Å². The molecule has 2 unspecified atom stereocenters. The van der Waals surface area contributed by atoms with Gasteiger partial charge in [-0.2, -0.15) is 0 Å². The summed E-state index contributed by atoms with van der Waals surface area (Å²) in [4.78, 5) is 36.0. The lowest BCUT2D eigenvalue weighted by atomic mass is 9.98. The Bertz CT molecular complexity index is 1950. The number of para-hydroxylation sites is 1. The topological polar surface area (TPSA) is 89.4 Å². The summed E-state index contributed by atoms with van der Waals surface area (Å²) in [6.07, 6.45) is 4.65. The number of fused-ring (bicyclic) bond motifs is 4. The highest BCUT2D eigenvalue weighted by molar-refractivity contribution is 5.99. The van der Waals surface area contributed by atoms with Crippen LogP contribution in [0.15, 0.2) is 78.9 Å². The molecule has 2 saturated heterocycles. The zero-order valence-corrected chi connectivity index (χ0v) is 25.4. The van der Waals surface area contributed by atoms with Crippen LogP contribution in [0.5, 0.6) is 0 Å². The molecule has 45 heavy (non-hydrogen) atoms. The normalized spacial score (nSPS) is 22.9. The second kappa shape index (κ2) is 10.3. The van der Waals surface area contributed by atoms with Crippen LogP contribution in [0, 0.1) is 17.8 Å². The molecular weight excluding hydrogens is 560 g/mol. The summed E-state index contributed by atoms with van der Waals surface area (Å²) < 4.78 is 4.79. The van der Waals surface area contributed by atoms with Crippen LogP contribution in [0.4, 0.5) is 0 Å². The number of hydrogen-bond acceptors (Lipinski definition) is 4. The molecular formula is C37H38N6O2. The lowest BCUT2D eigenvalue weighted by Gasteiger charge is -2.39. The third-order valence-corrected chi connectivity index (χ3v) is 10.8. The molecule has 0 radical (unpaired) electrons. The largest absolute Gasteiger partial charge is 0.338 e. The fourth-order valence-electron chi connectivity index (χ4n) is 8.11. The summed E-state index contributed by atoms with van der Waals surface area (Å²) in [5.41, 5.74) is 12.1. The first kappa shape index (κ1) is 26.9. The van der Waals surface area contributed by atoms with Gasteiger partial charge in [0.2, 0.25) is 0 Å². The van der Waals surface area contributed by atoms with Crippen molar-refractivity contribution in [3.63, 3.8) is 0 Å². The van der Waals surface area contributed by atoms with E-state index in [1.54, 1.807) is 0 Å². The Morgan fingerprint density at radius 2 is 1.51 bits per heavy atom. The molecule has 8 heteroatoms. The number of benzene rings is 3. The van der Waals surface area contributed by atoms with E-state index in [0.29, 0.717) is 36.4 Å². The summed E-state index contributed by atoms with van der Waals surface area (Å²) in [7, 11) is 0. The third-order valence-electron chi connectivity index (χ3n) is 10.8. The Kier molecular flexibility index (Phi) is 6.17. The van der Waals surface area contributed by atoms with Gasteiger partial charge in [0.25, 0.3) is 11.8 Å². The average Bonchev–Trinajstić information content (AvgIpc) is 3.41. The molecule has 2 amide bonds. The molecule has 5 aromatic rings. The van der Waals surface area contributed by atoms with Gasteiger partial charge in [0.05, 0.1) is 16.7 Å². The minimum Gasteiger partial charge on any atom is -0.338 e. The Morgan fingerprint density at radius 1 is 0.733 bits per heavy atom. The van der Waals surface area contributed by atoms with E-state index in [0.717, 1.165) is 60.6 Å². The predicted molar refractivity (Wildman–Crippen MR) is 175 cm³/mol. The summed E-state index contributed by atoms with van der Waals surface area (Å²) in [6, 6.07) is 26.7. The molecule has 4 fully saturated rings. The monoisotopic (exact) mass is 598 g/mol. The SMILES string of the molecule is N[C@H]1C2CCC1N(C(=O)c1ccc3c(c1)nc(-c1cc4ccccc4n1CC1CC1)n3CC1CN(C(=O)c3ccccc3)C1)C2. The second-order valence-electron chi connectivity index (χ2n) is 13.8. The van der Waals surface area contributed by atoms with Crippen LogP contribution < -0.4 is 5.73 Å². The van der Waals surface area contributed by atoms with E-state index in [-0.39, 0.29) is 23.9 Å². The molecule has 3 atom stereocenters. The van der Waals surface area contributed by atoms with Crippen LogP contribution in [0.25, 0.3) is 33.5 Å². The van der Waals surface area contributed by atoms with Gasteiger partial charge in [-0.3, -0.25) is 9.59 Å². The quantitative estimate of drug-likeness (QED) is 0.272. The summed E-state index contributed by atoms with van der Waals surface area (Å²) >= 11 is 0. The molecule has 228 valence electrons. The Hall–Kier alpha value is -4.43. The van der Waals surface area contributed by atoms with Gasteiger partial charge < -0.3 is 24.7 Å². The number of imidazole rings is 1. The van der Waals surface area contributed by atoms with E-state index < -0.39 is 0 Å². The zero-order valence-electron chi connectivity index (χ0n) is 25.4. The highest BCUT2D eigenvalue weighted by atomic mass is 16.2. The first-order valence-corrected chi connectivity index (χ1v) is 16.5. The van der Waals surface area contributed by atoms with E-state index in [1.165, 1.54) is 23.7 Å². The number of carbonyl (C=O) groups excluding carboxylic acids is 2. The highest BCUT2D eigenvalue weighted by Gasteiger charge is 2.47. The van der Waals surface area contributed by atoms with Crippen molar-refractivity contribution in [3.8, 4) is 11.5 Å². The Labute approximate surface area is 262 Å². The number of aromatic nitrogens is 3. The molecule has 8 nitrogen and oxygen atoms in total. The van der Waals surface area contributed by atoms with Gasteiger partial charge >= 0.3 is 0 Å². The Balaban J connectivity index is 1.08. The van der Waals surface area contributed by atoms with Crippen molar-refractivity contribution >= 4 is 33.8 Å². The number of likely N-dealkylation sites (tertiary alicyclic amines) is 2. The minimum absolute atomic E-state index is 0.0626. The van der Waals surface area contributed by atoms with Gasteiger partial charge in [-0.05, 0) is 80.0 Å². The zero-order chi connectivity index (χ0) is 30.2. The summed E-state index contributed by atoms with van der Waals surface area (Å²) in [5, 5.41) is 1.21. The van der Waals surface area contributed by atoms with Crippen molar-refractivity contribution in [2.45, 2.75) is 50.9 Å². The molecule has 3 aromatic carbocycles. The van der Waals surface area contributed by atoms with Gasteiger partial charge in [-0.25, -0.2) is 4.98 Å². The molecule has 2 aromatic heterocycles. The molecule has 2 aliphatic carbocycles. The molecule has 2 bridgehead atoms. The second-order valence-corrected chi connectivity index (χ2v) is 13.8. The molecule has 2 N–H and O–H groups in total. The standard InChI is InChI=1S/C37H38N6O2/c38-34-28-13-15-32(34)43(22-28)37(45)27-12-14-31-29(16-27)39-35(33-17-26-8-4-5-9-30(26)41(33)20-23-10-11-23)42(31)21-24-18-40(19-24)36(44)25-6-2-1-3-7-25/h1-9,12,14,16-17,23-24,28,32,34H,10-11,13,15,18-22,38H2/t28?,32?,34-/m0/s1. The maximum absolute atomic E-state index is 13.7. The van der Waals surface area contributed by atoms with Gasteiger partial charge in [-0.15, -0.1) is 0 Å². The van der Waals surface area contributed by atoms with Crippen LogP contribution in [-0.2, 0) is 13.1 Å². The van der Waals surface area contributed by atoms with E-state index in [4.69, 9.17) is 10.7 Å². The minimum atomic E-state index is 0.0626. The molecule has 2 saturated carbocycles. The number of piperidine rings is 1. The predicted octanol–water partition coefficient (Wildman–Crippen LogP) is 5.40. The molecule has 4 heterocycles. The molecule has 2 aliphatic heterocycles. The van der Waals surface area contributed by atoms with Gasteiger partial charge in [-0.1, -0.05) is 36.4 Å². The lowest BCUT2D eigenvalue weighted by molar-refractivity contribution is 0.0471. The number of carbonyl (C=O) groups is 2. The van der Waals surface area contributed by atoms with Gasteiger partial charge in [0, 0.05) is 72.8 Å². The molecule has 0 spiro atoms. The fraction of sp³-hybridized carbons (Fsp3) is 0.378. The third kappa shape index (κ3) is 4.49.